The molecule has 0 aromatic heterocycles. The van der Waals surface area contributed by atoms with E-state index in [1.807, 2.05) is 0 Å². The normalized spacial score (nSPS) is 16.2. The number of benzene rings is 1. The monoisotopic (exact) mass is 264 g/mol. The zero-order chi connectivity index (χ0) is 13.3. The van der Waals surface area contributed by atoms with Crippen LogP contribution in [0.5, 0.6) is 0 Å². The second-order valence-corrected chi connectivity index (χ2v) is 3.73. The van der Waals surface area contributed by atoms with Crippen LogP contribution in [0, 0.1) is 5.82 Å². The molecule has 18 heavy (non-hydrogen) atoms. The number of carbonyl (C=O) groups is 1. The van der Waals surface area contributed by atoms with E-state index in [2.05, 4.69) is 0 Å². The standard InChI is InChI=1S/C11H8F4O3/c12-9-7(10(16)18-6-4-17-5-6)2-1-3-8(9)11(13,14)15/h1-3,6H,4-5H2. The summed E-state index contributed by atoms with van der Waals surface area (Å²) in [5, 5.41) is 0. The van der Waals surface area contributed by atoms with E-state index in [9.17, 15) is 22.4 Å². The highest BCUT2D eigenvalue weighted by molar-refractivity contribution is 5.90. The Bertz CT molecular complexity index is 466. The Kier molecular flexibility index (Phi) is 3.25. The number of hydrogen-bond acceptors (Lipinski definition) is 3. The molecule has 1 heterocycles. The summed E-state index contributed by atoms with van der Waals surface area (Å²) in [6.45, 7) is 0.346. The Morgan fingerprint density at radius 1 is 1.33 bits per heavy atom. The van der Waals surface area contributed by atoms with Crippen LogP contribution in [-0.4, -0.2) is 25.3 Å². The molecular weight excluding hydrogens is 256 g/mol. The topological polar surface area (TPSA) is 35.5 Å². The first kappa shape index (κ1) is 12.8. The van der Waals surface area contributed by atoms with E-state index >= 15 is 0 Å². The van der Waals surface area contributed by atoms with Crippen molar-refractivity contribution in [3.63, 3.8) is 0 Å². The molecular formula is C11H8F4O3. The van der Waals surface area contributed by atoms with Crippen LogP contribution in [0.3, 0.4) is 0 Å². The molecule has 1 aliphatic rings. The van der Waals surface area contributed by atoms with Gasteiger partial charge >= 0.3 is 12.1 Å². The maximum atomic E-state index is 13.5. The van der Waals surface area contributed by atoms with Gasteiger partial charge in [0.25, 0.3) is 0 Å². The fourth-order valence-electron chi connectivity index (χ4n) is 1.41. The third-order valence-electron chi connectivity index (χ3n) is 2.41. The molecule has 98 valence electrons. The lowest BCUT2D eigenvalue weighted by Crippen LogP contribution is -2.38. The summed E-state index contributed by atoms with van der Waals surface area (Å²) in [4.78, 5) is 11.5. The second kappa shape index (κ2) is 4.56. The van der Waals surface area contributed by atoms with E-state index in [1.54, 1.807) is 0 Å². The van der Waals surface area contributed by atoms with Crippen LogP contribution in [0.15, 0.2) is 18.2 Å². The number of carbonyl (C=O) groups excluding carboxylic acids is 1. The van der Waals surface area contributed by atoms with Crippen LogP contribution in [0.1, 0.15) is 15.9 Å². The lowest BCUT2D eigenvalue weighted by atomic mass is 10.1. The first-order chi connectivity index (χ1) is 8.39. The quantitative estimate of drug-likeness (QED) is 0.607. The summed E-state index contributed by atoms with van der Waals surface area (Å²) < 4.78 is 60.3. The van der Waals surface area contributed by atoms with Gasteiger partial charge in [0.05, 0.1) is 24.3 Å². The van der Waals surface area contributed by atoms with Gasteiger partial charge in [0.1, 0.15) is 11.9 Å². The predicted octanol–water partition coefficient (Wildman–Crippen LogP) is 2.40. The van der Waals surface area contributed by atoms with Gasteiger partial charge in [0, 0.05) is 0 Å². The van der Waals surface area contributed by atoms with Crippen molar-refractivity contribution < 1.29 is 31.8 Å². The van der Waals surface area contributed by atoms with Crippen LogP contribution in [-0.2, 0) is 15.7 Å². The number of rotatable bonds is 2. The molecule has 0 amide bonds. The summed E-state index contributed by atoms with van der Waals surface area (Å²) in [7, 11) is 0. The van der Waals surface area contributed by atoms with Gasteiger partial charge in [-0.1, -0.05) is 6.07 Å². The summed E-state index contributed by atoms with van der Waals surface area (Å²) >= 11 is 0. The molecule has 1 saturated heterocycles. The molecule has 0 N–H and O–H groups in total. The summed E-state index contributed by atoms with van der Waals surface area (Å²) in [5.41, 5.74) is -2.21. The largest absolute Gasteiger partial charge is 0.454 e. The molecule has 1 fully saturated rings. The fraction of sp³-hybridized carbons (Fsp3) is 0.364. The van der Waals surface area contributed by atoms with Crippen molar-refractivity contribution in [2.45, 2.75) is 12.3 Å². The minimum atomic E-state index is -4.85. The zero-order valence-electron chi connectivity index (χ0n) is 8.96. The molecule has 2 rings (SSSR count). The highest BCUT2D eigenvalue weighted by atomic mass is 19.4. The Hall–Kier alpha value is -1.63. The van der Waals surface area contributed by atoms with Gasteiger partial charge in [-0.3, -0.25) is 0 Å². The van der Waals surface area contributed by atoms with Crippen molar-refractivity contribution >= 4 is 5.97 Å². The van der Waals surface area contributed by atoms with Crippen molar-refractivity contribution in [3.05, 3.63) is 35.1 Å². The van der Waals surface area contributed by atoms with Crippen molar-refractivity contribution in [2.24, 2.45) is 0 Å². The van der Waals surface area contributed by atoms with Crippen LogP contribution in [0.2, 0.25) is 0 Å². The minimum absolute atomic E-state index is 0.173. The molecule has 0 radical (unpaired) electrons. The van der Waals surface area contributed by atoms with Crippen molar-refractivity contribution in [2.75, 3.05) is 13.2 Å². The molecule has 7 heteroatoms. The Morgan fingerprint density at radius 3 is 2.50 bits per heavy atom. The maximum absolute atomic E-state index is 13.5. The average molecular weight is 264 g/mol. The van der Waals surface area contributed by atoms with Crippen molar-refractivity contribution in [1.29, 1.82) is 0 Å². The number of ether oxygens (including phenoxy) is 2. The molecule has 1 aromatic rings. The number of esters is 1. The lowest BCUT2D eigenvalue weighted by molar-refractivity contribution is -0.140. The molecule has 1 aliphatic heterocycles. The third kappa shape index (κ3) is 2.45. The SMILES string of the molecule is O=C(OC1COC1)c1cccc(C(F)(F)F)c1F. The number of hydrogen-bond donors (Lipinski definition) is 0. The molecule has 1 aromatic carbocycles. The summed E-state index contributed by atoms with van der Waals surface area (Å²) in [5.74, 6) is -2.73. The predicted molar refractivity (Wildman–Crippen MR) is 51.4 cm³/mol. The molecule has 0 aliphatic carbocycles. The molecule has 0 atom stereocenters. The third-order valence-corrected chi connectivity index (χ3v) is 2.41. The zero-order valence-corrected chi connectivity index (χ0v) is 8.96. The van der Waals surface area contributed by atoms with E-state index in [4.69, 9.17) is 9.47 Å². The maximum Gasteiger partial charge on any atom is 0.419 e. The fourth-order valence-corrected chi connectivity index (χ4v) is 1.41. The summed E-state index contributed by atoms with van der Waals surface area (Å²) in [6.07, 6.45) is -5.37. The van der Waals surface area contributed by atoms with E-state index in [1.165, 1.54) is 0 Å². The van der Waals surface area contributed by atoms with Gasteiger partial charge in [0.15, 0.2) is 0 Å². The molecule has 0 unspecified atom stereocenters. The number of alkyl halides is 3. The van der Waals surface area contributed by atoms with Crippen LogP contribution in [0.25, 0.3) is 0 Å². The Labute approximate surface area is 99.3 Å². The minimum Gasteiger partial charge on any atom is -0.454 e. The van der Waals surface area contributed by atoms with E-state index in [0.717, 1.165) is 12.1 Å². The van der Waals surface area contributed by atoms with Gasteiger partial charge in [0.2, 0.25) is 0 Å². The Morgan fingerprint density at radius 2 is 2.00 bits per heavy atom. The van der Waals surface area contributed by atoms with E-state index < -0.39 is 35.2 Å². The van der Waals surface area contributed by atoms with Crippen molar-refractivity contribution in [1.82, 2.24) is 0 Å². The van der Waals surface area contributed by atoms with Gasteiger partial charge in [-0.2, -0.15) is 13.2 Å². The number of halogens is 4. The molecule has 3 nitrogen and oxygen atoms in total. The van der Waals surface area contributed by atoms with Crippen LogP contribution in [0.4, 0.5) is 17.6 Å². The highest BCUT2D eigenvalue weighted by Crippen LogP contribution is 2.32. The highest BCUT2D eigenvalue weighted by Gasteiger charge is 2.36. The lowest BCUT2D eigenvalue weighted by Gasteiger charge is -2.25. The van der Waals surface area contributed by atoms with Crippen LogP contribution >= 0.6 is 0 Å². The molecule has 0 spiro atoms. The first-order valence-corrected chi connectivity index (χ1v) is 5.04. The second-order valence-electron chi connectivity index (χ2n) is 3.73. The van der Waals surface area contributed by atoms with E-state index in [0.29, 0.717) is 6.07 Å². The van der Waals surface area contributed by atoms with Gasteiger partial charge < -0.3 is 9.47 Å². The smallest absolute Gasteiger partial charge is 0.419 e. The van der Waals surface area contributed by atoms with Gasteiger partial charge in [-0.15, -0.1) is 0 Å². The summed E-state index contributed by atoms with van der Waals surface area (Å²) in [6, 6.07) is 2.48. The van der Waals surface area contributed by atoms with Crippen LogP contribution < -0.4 is 0 Å². The Balaban J connectivity index is 2.25. The van der Waals surface area contributed by atoms with E-state index in [-0.39, 0.29) is 13.2 Å². The van der Waals surface area contributed by atoms with Gasteiger partial charge in [-0.25, -0.2) is 9.18 Å². The van der Waals surface area contributed by atoms with Gasteiger partial charge in [-0.05, 0) is 12.1 Å². The molecule has 0 bridgehead atoms. The van der Waals surface area contributed by atoms with Crippen molar-refractivity contribution in [3.8, 4) is 0 Å². The first-order valence-electron chi connectivity index (χ1n) is 5.04. The average Bonchev–Trinajstić information content (AvgIpc) is 2.21. The molecule has 0 saturated carbocycles.